The first-order valence-corrected chi connectivity index (χ1v) is 11.7. The Labute approximate surface area is 193 Å². The molecule has 0 bridgehead atoms. The minimum Gasteiger partial charge on any atom is -0.497 e. The molecule has 2 rings (SSSR count). The lowest BCUT2D eigenvalue weighted by Gasteiger charge is -2.31. The number of hydrogen-bond acceptors (Lipinski definition) is 3. The van der Waals surface area contributed by atoms with Crippen molar-refractivity contribution in [1.82, 2.24) is 10.2 Å². The summed E-state index contributed by atoms with van der Waals surface area (Å²) in [6, 6.07) is 15.6. The molecule has 0 heterocycles. The van der Waals surface area contributed by atoms with E-state index < -0.39 is 6.04 Å². The zero-order chi connectivity index (χ0) is 23.5. The fraction of sp³-hybridized carbons (Fsp3) is 0.481. The van der Waals surface area contributed by atoms with Crippen molar-refractivity contribution in [3.8, 4) is 5.75 Å². The van der Waals surface area contributed by atoms with Crippen LogP contribution < -0.4 is 10.1 Å². The number of nitrogens with zero attached hydrogens (tertiary/aromatic N) is 1. The predicted molar refractivity (Wildman–Crippen MR) is 130 cm³/mol. The molecule has 0 aliphatic carbocycles. The van der Waals surface area contributed by atoms with Gasteiger partial charge in [0.05, 0.1) is 7.11 Å². The number of aryl methyl sites for hydroxylation is 1. The van der Waals surface area contributed by atoms with Gasteiger partial charge in [0.1, 0.15) is 11.8 Å². The number of hydrogen-bond donors (Lipinski definition) is 1. The molecule has 0 aromatic heterocycles. The van der Waals surface area contributed by atoms with Crippen LogP contribution in [0.25, 0.3) is 0 Å². The summed E-state index contributed by atoms with van der Waals surface area (Å²) in [4.78, 5) is 27.9. The van der Waals surface area contributed by atoms with E-state index in [-0.39, 0.29) is 11.8 Å². The first kappa shape index (κ1) is 25.4. The van der Waals surface area contributed by atoms with Crippen LogP contribution in [0, 0.1) is 0 Å². The molecular formula is C27H38N2O3. The third-order valence-electron chi connectivity index (χ3n) is 5.70. The van der Waals surface area contributed by atoms with Gasteiger partial charge in [-0.05, 0) is 54.0 Å². The summed E-state index contributed by atoms with van der Waals surface area (Å²) in [6.45, 7) is 9.30. The van der Waals surface area contributed by atoms with Crippen LogP contribution in [0.2, 0.25) is 0 Å². The van der Waals surface area contributed by atoms with E-state index >= 15 is 0 Å². The lowest BCUT2D eigenvalue weighted by molar-refractivity contribution is -0.141. The van der Waals surface area contributed by atoms with Gasteiger partial charge in [0.25, 0.3) is 0 Å². The van der Waals surface area contributed by atoms with Gasteiger partial charge in [0.15, 0.2) is 0 Å². The largest absolute Gasteiger partial charge is 0.497 e. The van der Waals surface area contributed by atoms with E-state index in [2.05, 4.69) is 43.4 Å². The van der Waals surface area contributed by atoms with Gasteiger partial charge >= 0.3 is 0 Å². The molecule has 0 radical (unpaired) electrons. The van der Waals surface area contributed by atoms with E-state index in [1.807, 2.05) is 38.1 Å². The van der Waals surface area contributed by atoms with Gasteiger partial charge < -0.3 is 15.0 Å². The molecule has 0 saturated carbocycles. The summed E-state index contributed by atoms with van der Waals surface area (Å²) in [6.07, 6.45) is 2.44. The van der Waals surface area contributed by atoms with Crippen molar-refractivity contribution in [2.75, 3.05) is 13.7 Å². The Morgan fingerprint density at radius 2 is 1.75 bits per heavy atom. The minimum absolute atomic E-state index is 0.0146. The SMILES string of the molecule is CCCNC(=O)C(CC)N(Cc1cccc(OC)c1)C(=O)CCc1ccc(C(C)C)cc1. The topological polar surface area (TPSA) is 58.6 Å². The molecule has 0 fully saturated rings. The van der Waals surface area contributed by atoms with E-state index in [0.717, 1.165) is 23.3 Å². The van der Waals surface area contributed by atoms with Crippen molar-refractivity contribution < 1.29 is 14.3 Å². The monoisotopic (exact) mass is 438 g/mol. The number of nitrogens with one attached hydrogen (secondary N) is 1. The quantitative estimate of drug-likeness (QED) is 0.502. The second-order valence-corrected chi connectivity index (χ2v) is 8.48. The minimum atomic E-state index is -0.497. The van der Waals surface area contributed by atoms with Gasteiger partial charge in [0.2, 0.25) is 11.8 Å². The van der Waals surface area contributed by atoms with Crippen molar-refractivity contribution in [1.29, 1.82) is 0 Å². The zero-order valence-corrected chi connectivity index (χ0v) is 20.2. The van der Waals surface area contributed by atoms with Gasteiger partial charge in [0, 0.05) is 19.5 Å². The molecule has 32 heavy (non-hydrogen) atoms. The number of carbonyl (C=O) groups is 2. The van der Waals surface area contributed by atoms with Crippen LogP contribution in [-0.2, 0) is 22.6 Å². The first-order chi connectivity index (χ1) is 15.4. The van der Waals surface area contributed by atoms with Gasteiger partial charge in [-0.15, -0.1) is 0 Å². The van der Waals surface area contributed by atoms with Crippen LogP contribution in [0.15, 0.2) is 48.5 Å². The predicted octanol–water partition coefficient (Wildman–Crippen LogP) is 5.08. The van der Waals surface area contributed by atoms with Crippen LogP contribution in [0.4, 0.5) is 0 Å². The maximum absolute atomic E-state index is 13.3. The fourth-order valence-corrected chi connectivity index (χ4v) is 3.72. The highest BCUT2D eigenvalue weighted by molar-refractivity contribution is 5.87. The Bertz CT molecular complexity index is 861. The van der Waals surface area contributed by atoms with E-state index in [1.165, 1.54) is 5.56 Å². The molecule has 5 nitrogen and oxygen atoms in total. The molecule has 0 aliphatic rings. The van der Waals surface area contributed by atoms with Crippen molar-refractivity contribution in [2.24, 2.45) is 0 Å². The summed E-state index contributed by atoms with van der Waals surface area (Å²) in [5, 5.41) is 2.96. The lowest BCUT2D eigenvalue weighted by Crippen LogP contribution is -2.49. The molecule has 5 heteroatoms. The molecule has 1 atom stereocenters. The van der Waals surface area contributed by atoms with Gasteiger partial charge in [-0.2, -0.15) is 0 Å². The number of benzene rings is 2. The average Bonchev–Trinajstić information content (AvgIpc) is 2.81. The van der Waals surface area contributed by atoms with Crippen LogP contribution >= 0.6 is 0 Å². The van der Waals surface area contributed by atoms with Crippen LogP contribution in [-0.4, -0.2) is 36.4 Å². The van der Waals surface area contributed by atoms with Crippen LogP contribution in [0.1, 0.15) is 69.6 Å². The number of rotatable bonds is 12. The van der Waals surface area contributed by atoms with Crippen LogP contribution in [0.5, 0.6) is 5.75 Å². The molecule has 2 amide bonds. The van der Waals surface area contributed by atoms with Gasteiger partial charge in [-0.3, -0.25) is 9.59 Å². The molecule has 0 spiro atoms. The molecule has 2 aromatic rings. The number of amides is 2. The third kappa shape index (κ3) is 7.40. The lowest BCUT2D eigenvalue weighted by atomic mass is 10.00. The molecule has 0 saturated heterocycles. The third-order valence-corrected chi connectivity index (χ3v) is 5.70. The molecule has 0 aliphatic heterocycles. The number of ether oxygens (including phenoxy) is 1. The Morgan fingerprint density at radius 1 is 1.03 bits per heavy atom. The van der Waals surface area contributed by atoms with E-state index in [9.17, 15) is 9.59 Å². The summed E-state index contributed by atoms with van der Waals surface area (Å²) in [5.41, 5.74) is 3.37. The summed E-state index contributed by atoms with van der Waals surface area (Å²) in [5.74, 6) is 1.12. The van der Waals surface area contributed by atoms with Crippen molar-refractivity contribution >= 4 is 11.8 Å². The standard InChI is InChI=1S/C27H38N2O3/c1-6-17-28-27(31)25(7-2)29(19-22-9-8-10-24(18-22)32-5)26(30)16-13-21-11-14-23(15-12-21)20(3)4/h8-12,14-15,18,20,25H,6-7,13,16-17,19H2,1-5H3,(H,28,31). The highest BCUT2D eigenvalue weighted by atomic mass is 16.5. The maximum Gasteiger partial charge on any atom is 0.242 e. The maximum atomic E-state index is 13.3. The zero-order valence-electron chi connectivity index (χ0n) is 20.2. The molecular weight excluding hydrogens is 400 g/mol. The Balaban J connectivity index is 2.18. The highest BCUT2D eigenvalue weighted by Crippen LogP contribution is 2.19. The number of methoxy groups -OCH3 is 1. The molecule has 1 N–H and O–H groups in total. The van der Waals surface area contributed by atoms with E-state index in [0.29, 0.717) is 38.3 Å². The van der Waals surface area contributed by atoms with Gasteiger partial charge in [-0.1, -0.05) is 64.1 Å². The highest BCUT2D eigenvalue weighted by Gasteiger charge is 2.28. The molecule has 1 unspecified atom stereocenters. The van der Waals surface area contributed by atoms with Gasteiger partial charge in [-0.25, -0.2) is 0 Å². The normalized spacial score (nSPS) is 11.8. The smallest absolute Gasteiger partial charge is 0.242 e. The average molecular weight is 439 g/mol. The van der Waals surface area contributed by atoms with Crippen molar-refractivity contribution in [3.05, 3.63) is 65.2 Å². The van der Waals surface area contributed by atoms with E-state index in [4.69, 9.17) is 4.74 Å². The Kier molecular flexibility index (Phi) is 10.3. The second-order valence-electron chi connectivity index (χ2n) is 8.48. The number of carbonyl (C=O) groups excluding carboxylic acids is 2. The van der Waals surface area contributed by atoms with Crippen molar-refractivity contribution in [3.63, 3.8) is 0 Å². The molecule has 174 valence electrons. The van der Waals surface area contributed by atoms with Crippen molar-refractivity contribution in [2.45, 2.75) is 71.9 Å². The summed E-state index contributed by atoms with van der Waals surface area (Å²) >= 11 is 0. The van der Waals surface area contributed by atoms with E-state index in [1.54, 1.807) is 12.0 Å². The Morgan fingerprint density at radius 3 is 2.34 bits per heavy atom. The summed E-state index contributed by atoms with van der Waals surface area (Å²) < 4.78 is 5.33. The summed E-state index contributed by atoms with van der Waals surface area (Å²) in [7, 11) is 1.62. The Hall–Kier alpha value is -2.82. The molecule has 2 aromatic carbocycles. The fourth-order valence-electron chi connectivity index (χ4n) is 3.72. The second kappa shape index (κ2) is 12.9. The first-order valence-electron chi connectivity index (χ1n) is 11.7. The van der Waals surface area contributed by atoms with Crippen LogP contribution in [0.3, 0.4) is 0 Å².